The average Bonchev–Trinajstić information content (AvgIpc) is 3.00. The molecule has 2 aliphatic rings. The second-order valence-electron chi connectivity index (χ2n) is 11.2. The summed E-state index contributed by atoms with van der Waals surface area (Å²) in [6.07, 6.45) is 4.69. The zero-order chi connectivity index (χ0) is 30.2. The lowest BCUT2D eigenvalue weighted by Crippen LogP contribution is -2.56. The van der Waals surface area contributed by atoms with Gasteiger partial charge in [0.1, 0.15) is 12.1 Å². The maximum atomic E-state index is 13.7. The number of anilines is 1. The van der Waals surface area contributed by atoms with Gasteiger partial charge in [-0.15, -0.1) is 0 Å². The Balaban J connectivity index is 1.46. The molecular formula is C32H42ClN5O4. The third-order valence-electron chi connectivity index (χ3n) is 8.36. The SMILES string of the molecule is CC[C@@H]1CCCCN1C(=O)CCC(=O)N1Cc2ccccc2C[C@H]1C(=O)N[C@@H](CCN)C(=O)Nc1ccc(Cl)c(C)c1. The van der Waals surface area contributed by atoms with Gasteiger partial charge >= 0.3 is 0 Å². The third-order valence-corrected chi connectivity index (χ3v) is 8.78. The smallest absolute Gasteiger partial charge is 0.246 e. The highest BCUT2D eigenvalue weighted by Crippen LogP contribution is 2.26. The van der Waals surface area contributed by atoms with Gasteiger partial charge in [-0.2, -0.15) is 0 Å². The Hall–Kier alpha value is -3.43. The molecule has 1 fully saturated rings. The number of fused-ring (bicyclic) bond motifs is 1. The number of hydrogen-bond acceptors (Lipinski definition) is 5. The average molecular weight is 596 g/mol. The summed E-state index contributed by atoms with van der Waals surface area (Å²) in [7, 11) is 0. The van der Waals surface area contributed by atoms with Gasteiger partial charge < -0.3 is 26.2 Å². The maximum absolute atomic E-state index is 13.7. The first-order valence-corrected chi connectivity index (χ1v) is 15.3. The van der Waals surface area contributed by atoms with E-state index in [-0.39, 0.29) is 50.2 Å². The Bertz CT molecular complexity index is 1300. The molecule has 4 amide bonds. The monoisotopic (exact) mass is 595 g/mol. The minimum atomic E-state index is -0.890. The Morgan fingerprint density at radius 3 is 2.43 bits per heavy atom. The van der Waals surface area contributed by atoms with Gasteiger partial charge in [0.2, 0.25) is 23.6 Å². The summed E-state index contributed by atoms with van der Waals surface area (Å²) >= 11 is 6.11. The summed E-state index contributed by atoms with van der Waals surface area (Å²) in [5, 5.41) is 6.28. The molecule has 2 aromatic rings. The molecule has 10 heteroatoms. The number of nitrogens with zero attached hydrogens (tertiary/aromatic N) is 2. The highest BCUT2D eigenvalue weighted by molar-refractivity contribution is 6.31. The molecule has 2 aliphatic heterocycles. The van der Waals surface area contributed by atoms with E-state index in [1.807, 2.05) is 36.1 Å². The fourth-order valence-corrected chi connectivity index (χ4v) is 6.05. The van der Waals surface area contributed by atoms with E-state index in [2.05, 4.69) is 17.6 Å². The zero-order valence-corrected chi connectivity index (χ0v) is 25.3. The van der Waals surface area contributed by atoms with Gasteiger partial charge in [0.15, 0.2) is 0 Å². The van der Waals surface area contributed by atoms with Crippen molar-refractivity contribution < 1.29 is 19.2 Å². The van der Waals surface area contributed by atoms with Crippen molar-refractivity contribution >= 4 is 40.9 Å². The molecule has 0 saturated carbocycles. The number of amides is 4. The first-order chi connectivity index (χ1) is 20.2. The quantitative estimate of drug-likeness (QED) is 0.384. The summed E-state index contributed by atoms with van der Waals surface area (Å²) < 4.78 is 0. The normalized spacial score (nSPS) is 19.0. The molecule has 2 aromatic carbocycles. The molecule has 0 aliphatic carbocycles. The number of nitrogens with two attached hydrogens (primary N) is 1. The molecule has 4 N–H and O–H groups in total. The van der Waals surface area contributed by atoms with Crippen LogP contribution in [0.1, 0.15) is 68.6 Å². The maximum Gasteiger partial charge on any atom is 0.246 e. The second kappa shape index (κ2) is 14.6. The molecule has 4 rings (SSSR count). The van der Waals surface area contributed by atoms with Gasteiger partial charge in [-0.1, -0.05) is 42.8 Å². The predicted octanol–water partition coefficient (Wildman–Crippen LogP) is 3.95. The molecule has 9 nitrogen and oxygen atoms in total. The van der Waals surface area contributed by atoms with Crippen molar-refractivity contribution in [1.82, 2.24) is 15.1 Å². The van der Waals surface area contributed by atoms with Gasteiger partial charge in [-0.3, -0.25) is 19.2 Å². The van der Waals surface area contributed by atoms with E-state index in [9.17, 15) is 19.2 Å². The van der Waals surface area contributed by atoms with E-state index in [1.54, 1.807) is 23.1 Å². The van der Waals surface area contributed by atoms with E-state index in [0.29, 0.717) is 17.1 Å². The molecule has 0 radical (unpaired) electrons. The number of carbonyl (C=O) groups excluding carboxylic acids is 4. The lowest BCUT2D eigenvalue weighted by Gasteiger charge is -2.37. The van der Waals surface area contributed by atoms with Crippen molar-refractivity contribution in [2.45, 2.75) is 89.9 Å². The predicted molar refractivity (Wildman–Crippen MR) is 164 cm³/mol. The van der Waals surface area contributed by atoms with Crippen molar-refractivity contribution in [3.05, 3.63) is 64.2 Å². The van der Waals surface area contributed by atoms with E-state index in [1.165, 1.54) is 0 Å². The number of carbonyl (C=O) groups is 4. The van der Waals surface area contributed by atoms with Gasteiger partial charge in [0.25, 0.3) is 0 Å². The second-order valence-corrected chi connectivity index (χ2v) is 11.7. The molecule has 2 heterocycles. The van der Waals surface area contributed by atoms with E-state index in [4.69, 9.17) is 17.3 Å². The van der Waals surface area contributed by atoms with Gasteiger partial charge in [0, 0.05) is 49.1 Å². The Kier molecular flexibility index (Phi) is 11.0. The Morgan fingerprint density at radius 2 is 1.74 bits per heavy atom. The molecule has 1 saturated heterocycles. The van der Waals surface area contributed by atoms with Crippen LogP contribution in [0.4, 0.5) is 5.69 Å². The Morgan fingerprint density at radius 1 is 1.02 bits per heavy atom. The standard InChI is InChI=1S/C32H42ClN5O4/c1-3-25-10-6-7-17-37(25)29(39)13-14-30(40)38-20-23-9-5-4-8-22(23)19-28(38)32(42)36-27(15-16-34)31(41)35-24-11-12-26(33)21(2)18-24/h4-5,8-9,11-12,18,25,27-28H,3,6-7,10,13-17,19-20,34H2,1-2H3,(H,35,41)(H,36,42)/t25-,27+,28+/m1/s1. The minimum Gasteiger partial charge on any atom is -0.342 e. The van der Waals surface area contributed by atoms with Crippen LogP contribution in [0.3, 0.4) is 0 Å². The molecule has 0 bridgehead atoms. The van der Waals surface area contributed by atoms with Crippen LogP contribution < -0.4 is 16.4 Å². The summed E-state index contributed by atoms with van der Waals surface area (Å²) in [5.41, 5.74) is 9.12. The van der Waals surface area contributed by atoms with Crippen LogP contribution in [0.15, 0.2) is 42.5 Å². The molecule has 0 unspecified atom stereocenters. The lowest BCUT2D eigenvalue weighted by molar-refractivity contribution is -0.144. The molecular weight excluding hydrogens is 554 g/mol. The van der Waals surface area contributed by atoms with Crippen LogP contribution in [0.2, 0.25) is 5.02 Å². The number of benzene rings is 2. The summed E-state index contributed by atoms with van der Waals surface area (Å²) in [4.78, 5) is 57.0. The van der Waals surface area contributed by atoms with Crippen molar-refractivity contribution in [2.24, 2.45) is 5.73 Å². The first kappa shape index (κ1) is 31.5. The first-order valence-electron chi connectivity index (χ1n) is 14.9. The van der Waals surface area contributed by atoms with Crippen LogP contribution in [0.25, 0.3) is 0 Å². The third kappa shape index (κ3) is 7.69. The summed E-state index contributed by atoms with van der Waals surface area (Å²) in [6.45, 7) is 5.11. The molecule has 0 spiro atoms. The summed E-state index contributed by atoms with van der Waals surface area (Å²) in [6, 6.07) is 11.4. The van der Waals surface area contributed by atoms with Crippen molar-refractivity contribution in [3.8, 4) is 0 Å². The van der Waals surface area contributed by atoms with Crippen molar-refractivity contribution in [3.63, 3.8) is 0 Å². The fourth-order valence-electron chi connectivity index (χ4n) is 5.93. The van der Waals surface area contributed by atoms with Crippen molar-refractivity contribution in [2.75, 3.05) is 18.4 Å². The van der Waals surface area contributed by atoms with Crippen LogP contribution in [0.5, 0.6) is 0 Å². The van der Waals surface area contributed by atoms with Crippen LogP contribution in [-0.2, 0) is 32.1 Å². The largest absolute Gasteiger partial charge is 0.342 e. The molecule has 0 aromatic heterocycles. The summed E-state index contributed by atoms with van der Waals surface area (Å²) in [5.74, 6) is -1.08. The Labute approximate surface area is 253 Å². The van der Waals surface area contributed by atoms with Gasteiger partial charge in [-0.25, -0.2) is 0 Å². The van der Waals surface area contributed by atoms with Crippen LogP contribution in [0, 0.1) is 6.92 Å². The number of halogens is 1. The van der Waals surface area contributed by atoms with Crippen LogP contribution >= 0.6 is 11.6 Å². The number of piperidine rings is 1. The number of nitrogens with one attached hydrogen (secondary N) is 2. The highest BCUT2D eigenvalue weighted by atomic mass is 35.5. The van der Waals surface area contributed by atoms with Crippen molar-refractivity contribution in [1.29, 1.82) is 0 Å². The van der Waals surface area contributed by atoms with Gasteiger partial charge in [0.05, 0.1) is 0 Å². The molecule has 3 atom stereocenters. The van der Waals surface area contributed by atoms with E-state index >= 15 is 0 Å². The van der Waals surface area contributed by atoms with E-state index in [0.717, 1.165) is 48.9 Å². The fraction of sp³-hybridized carbons (Fsp3) is 0.500. The molecule has 42 heavy (non-hydrogen) atoms. The van der Waals surface area contributed by atoms with E-state index < -0.39 is 23.9 Å². The number of rotatable bonds is 10. The number of likely N-dealkylation sites (tertiary alicyclic amines) is 1. The van der Waals surface area contributed by atoms with Crippen LogP contribution in [-0.4, -0.2) is 64.6 Å². The zero-order valence-electron chi connectivity index (χ0n) is 24.5. The minimum absolute atomic E-state index is 0.00886. The topological polar surface area (TPSA) is 125 Å². The highest BCUT2D eigenvalue weighted by Gasteiger charge is 2.36. The van der Waals surface area contributed by atoms with Gasteiger partial charge in [-0.05, 0) is 80.5 Å². The molecule has 226 valence electrons. The number of hydrogen-bond donors (Lipinski definition) is 3. The lowest BCUT2D eigenvalue weighted by atomic mass is 9.92. The number of aryl methyl sites for hydroxylation is 1.